The molecule has 128 valence electrons. The van der Waals surface area contributed by atoms with Crippen molar-refractivity contribution in [3.05, 3.63) is 36.8 Å². The van der Waals surface area contributed by atoms with E-state index in [0.717, 1.165) is 50.8 Å². The number of piperazine rings is 1. The highest BCUT2D eigenvalue weighted by Crippen LogP contribution is 2.13. The summed E-state index contributed by atoms with van der Waals surface area (Å²) in [5.41, 5.74) is 0.766. The molecule has 1 N–H and O–H groups in total. The summed E-state index contributed by atoms with van der Waals surface area (Å²) in [4.78, 5) is 21.1. The molecule has 2 aromatic heterocycles. The first-order valence-corrected chi connectivity index (χ1v) is 8.45. The number of hydrogen-bond donors (Lipinski definition) is 1. The second kappa shape index (κ2) is 7.92. The predicted molar refractivity (Wildman–Crippen MR) is 94.0 cm³/mol. The van der Waals surface area contributed by atoms with Crippen LogP contribution in [0.3, 0.4) is 0 Å². The Morgan fingerprint density at radius 1 is 1.25 bits per heavy atom. The lowest BCUT2D eigenvalue weighted by molar-refractivity contribution is -0.116. The minimum absolute atomic E-state index is 0.0396. The van der Waals surface area contributed by atoms with Crippen LogP contribution in [0.2, 0.25) is 0 Å². The van der Waals surface area contributed by atoms with E-state index in [1.165, 1.54) is 0 Å². The van der Waals surface area contributed by atoms with Gasteiger partial charge in [-0.2, -0.15) is 5.10 Å². The Balaban J connectivity index is 1.39. The first-order valence-electron chi connectivity index (χ1n) is 8.45. The van der Waals surface area contributed by atoms with Crippen molar-refractivity contribution in [1.82, 2.24) is 19.7 Å². The maximum Gasteiger partial charge on any atom is 0.225 e. The van der Waals surface area contributed by atoms with Crippen LogP contribution in [0.15, 0.2) is 36.8 Å². The van der Waals surface area contributed by atoms with Gasteiger partial charge in [0.05, 0.1) is 11.9 Å². The topological polar surface area (TPSA) is 66.3 Å². The van der Waals surface area contributed by atoms with Crippen LogP contribution >= 0.6 is 0 Å². The molecule has 1 amide bonds. The number of nitrogens with zero attached hydrogens (tertiary/aromatic N) is 5. The van der Waals surface area contributed by atoms with Gasteiger partial charge in [0.25, 0.3) is 0 Å². The van der Waals surface area contributed by atoms with E-state index < -0.39 is 0 Å². The molecule has 7 heteroatoms. The van der Waals surface area contributed by atoms with Crippen molar-refractivity contribution in [2.24, 2.45) is 0 Å². The number of amides is 1. The molecule has 0 aromatic carbocycles. The highest BCUT2D eigenvalue weighted by molar-refractivity contribution is 5.90. The van der Waals surface area contributed by atoms with Crippen LogP contribution in [0, 0.1) is 0 Å². The average Bonchev–Trinajstić information content (AvgIpc) is 3.09. The van der Waals surface area contributed by atoms with Crippen molar-refractivity contribution in [2.75, 3.05) is 42.9 Å². The summed E-state index contributed by atoms with van der Waals surface area (Å²) in [5.74, 6) is 1.07. The Morgan fingerprint density at radius 2 is 2.08 bits per heavy atom. The van der Waals surface area contributed by atoms with Crippen molar-refractivity contribution in [3.63, 3.8) is 0 Å². The Bertz CT molecular complexity index is 648. The third-order valence-corrected chi connectivity index (χ3v) is 4.24. The molecule has 0 aliphatic carbocycles. The minimum Gasteiger partial charge on any atom is -0.354 e. The van der Waals surface area contributed by atoms with E-state index in [2.05, 4.69) is 25.2 Å². The molecule has 0 saturated carbocycles. The number of carbonyl (C=O) groups is 1. The standard InChI is InChI=1S/C17H24N6O/c1-2-23-14-15(13-19-23)20-17(24)6-8-21-9-11-22(12-10-21)16-5-3-4-7-18-16/h3-5,7,13-14H,2,6,8-12H2,1H3,(H,20,24). The van der Waals surface area contributed by atoms with Crippen molar-refractivity contribution in [2.45, 2.75) is 19.9 Å². The van der Waals surface area contributed by atoms with Gasteiger partial charge in [0, 0.05) is 58.1 Å². The van der Waals surface area contributed by atoms with Gasteiger partial charge >= 0.3 is 0 Å². The fourth-order valence-electron chi connectivity index (χ4n) is 2.83. The molecule has 0 radical (unpaired) electrons. The molecule has 0 unspecified atom stereocenters. The van der Waals surface area contributed by atoms with Gasteiger partial charge in [-0.15, -0.1) is 0 Å². The van der Waals surface area contributed by atoms with E-state index in [1.54, 1.807) is 10.9 Å². The third-order valence-electron chi connectivity index (χ3n) is 4.24. The predicted octanol–water partition coefficient (Wildman–Crippen LogP) is 1.45. The summed E-state index contributed by atoms with van der Waals surface area (Å²) >= 11 is 0. The molecule has 0 bridgehead atoms. The van der Waals surface area contributed by atoms with Crippen LogP contribution in [0.4, 0.5) is 11.5 Å². The first kappa shape index (κ1) is 16.4. The van der Waals surface area contributed by atoms with E-state index in [1.807, 2.05) is 37.5 Å². The van der Waals surface area contributed by atoms with Gasteiger partial charge in [-0.3, -0.25) is 14.4 Å². The second-order valence-corrected chi connectivity index (χ2v) is 5.90. The minimum atomic E-state index is 0.0396. The SMILES string of the molecule is CCn1cc(NC(=O)CCN2CCN(c3ccccn3)CC2)cn1. The van der Waals surface area contributed by atoms with Crippen molar-refractivity contribution in [3.8, 4) is 0 Å². The lowest BCUT2D eigenvalue weighted by atomic mass is 10.2. The molecule has 1 aliphatic rings. The molecule has 1 saturated heterocycles. The average molecular weight is 328 g/mol. The van der Waals surface area contributed by atoms with Gasteiger partial charge in [-0.05, 0) is 19.1 Å². The first-order chi connectivity index (χ1) is 11.7. The van der Waals surface area contributed by atoms with E-state index in [4.69, 9.17) is 0 Å². The maximum atomic E-state index is 12.0. The highest BCUT2D eigenvalue weighted by atomic mass is 16.1. The van der Waals surface area contributed by atoms with E-state index in [-0.39, 0.29) is 5.91 Å². The number of nitrogens with one attached hydrogen (secondary N) is 1. The number of carbonyl (C=O) groups excluding carboxylic acids is 1. The molecular weight excluding hydrogens is 304 g/mol. The molecule has 2 aromatic rings. The fourth-order valence-corrected chi connectivity index (χ4v) is 2.83. The monoisotopic (exact) mass is 328 g/mol. The van der Waals surface area contributed by atoms with Crippen LogP contribution in [0.25, 0.3) is 0 Å². The smallest absolute Gasteiger partial charge is 0.225 e. The largest absolute Gasteiger partial charge is 0.354 e. The van der Waals surface area contributed by atoms with Crippen LogP contribution in [0.1, 0.15) is 13.3 Å². The Morgan fingerprint density at radius 3 is 2.75 bits per heavy atom. The Hall–Kier alpha value is -2.41. The third kappa shape index (κ3) is 4.32. The summed E-state index contributed by atoms with van der Waals surface area (Å²) < 4.78 is 1.80. The molecule has 7 nitrogen and oxygen atoms in total. The van der Waals surface area contributed by atoms with E-state index >= 15 is 0 Å². The summed E-state index contributed by atoms with van der Waals surface area (Å²) in [7, 11) is 0. The van der Waals surface area contributed by atoms with Crippen molar-refractivity contribution in [1.29, 1.82) is 0 Å². The van der Waals surface area contributed by atoms with Gasteiger partial charge in [0.1, 0.15) is 5.82 Å². The quantitative estimate of drug-likeness (QED) is 0.869. The second-order valence-electron chi connectivity index (χ2n) is 5.90. The van der Waals surface area contributed by atoms with Gasteiger partial charge in [0.15, 0.2) is 0 Å². The van der Waals surface area contributed by atoms with Crippen molar-refractivity contribution >= 4 is 17.4 Å². The van der Waals surface area contributed by atoms with Crippen molar-refractivity contribution < 1.29 is 4.79 Å². The van der Waals surface area contributed by atoms with Gasteiger partial charge < -0.3 is 10.2 Å². The molecule has 0 spiro atoms. The highest BCUT2D eigenvalue weighted by Gasteiger charge is 2.18. The number of aromatic nitrogens is 3. The molecule has 3 rings (SSSR count). The van der Waals surface area contributed by atoms with E-state index in [0.29, 0.717) is 6.42 Å². The lowest BCUT2D eigenvalue weighted by Crippen LogP contribution is -2.47. The normalized spacial score (nSPS) is 15.5. The summed E-state index contributed by atoms with van der Waals surface area (Å²) in [6.45, 7) is 7.41. The lowest BCUT2D eigenvalue weighted by Gasteiger charge is -2.35. The number of anilines is 2. The zero-order valence-electron chi connectivity index (χ0n) is 14.1. The zero-order chi connectivity index (χ0) is 16.8. The Kier molecular flexibility index (Phi) is 5.43. The van der Waals surface area contributed by atoms with Crippen LogP contribution in [-0.4, -0.2) is 58.3 Å². The molecule has 1 fully saturated rings. The number of rotatable bonds is 6. The zero-order valence-corrected chi connectivity index (χ0v) is 14.1. The Labute approximate surface area is 142 Å². The number of hydrogen-bond acceptors (Lipinski definition) is 5. The summed E-state index contributed by atoms with van der Waals surface area (Å²) in [6.07, 6.45) is 5.87. The summed E-state index contributed by atoms with van der Waals surface area (Å²) in [5, 5.41) is 7.06. The molecule has 1 aliphatic heterocycles. The van der Waals surface area contributed by atoms with Gasteiger partial charge in [-0.1, -0.05) is 6.07 Å². The molecule has 24 heavy (non-hydrogen) atoms. The van der Waals surface area contributed by atoms with Gasteiger partial charge in [0.2, 0.25) is 5.91 Å². The molecular formula is C17H24N6O. The van der Waals surface area contributed by atoms with Crippen LogP contribution < -0.4 is 10.2 Å². The van der Waals surface area contributed by atoms with Crippen LogP contribution in [0.5, 0.6) is 0 Å². The maximum absolute atomic E-state index is 12.0. The molecule has 3 heterocycles. The van der Waals surface area contributed by atoms with E-state index in [9.17, 15) is 4.79 Å². The fraction of sp³-hybridized carbons (Fsp3) is 0.471. The number of aryl methyl sites for hydroxylation is 1. The molecule has 0 atom stereocenters. The summed E-state index contributed by atoms with van der Waals surface area (Å²) in [6, 6.07) is 5.99. The van der Waals surface area contributed by atoms with Gasteiger partial charge in [-0.25, -0.2) is 4.98 Å². The number of pyridine rings is 1. The van der Waals surface area contributed by atoms with Crippen LogP contribution in [-0.2, 0) is 11.3 Å².